The molecule has 1 nitrogen and oxygen atoms in total. The van der Waals surface area contributed by atoms with Gasteiger partial charge in [-0.3, -0.25) is 0 Å². The Morgan fingerprint density at radius 2 is 1.62 bits per heavy atom. The molecule has 0 heterocycles. The lowest BCUT2D eigenvalue weighted by atomic mass is 9.90. The van der Waals surface area contributed by atoms with Crippen LogP contribution in [0.1, 0.15) is 46.0 Å². The number of rotatable bonds is 9. The molecule has 0 aromatic rings. The number of hydrogen-bond acceptors (Lipinski definition) is 1. The van der Waals surface area contributed by atoms with Crippen molar-refractivity contribution >= 4 is 8.07 Å². The van der Waals surface area contributed by atoms with Crippen LogP contribution in [0.2, 0.25) is 25.2 Å². The van der Waals surface area contributed by atoms with Crippen molar-refractivity contribution < 1.29 is 5.11 Å². The van der Waals surface area contributed by atoms with Gasteiger partial charge in [-0.05, 0) is 25.3 Å². The summed E-state index contributed by atoms with van der Waals surface area (Å²) in [7, 11) is -1.15. The third-order valence-corrected chi connectivity index (χ3v) is 6.39. The standard InChI is InChI=1S/C14H30OSi/c1-6-9-14(15,10-7-2)11-13-16(4,5)12-8-3/h8,15H,3,6-7,9-13H2,1-2,4-5H3. The van der Waals surface area contributed by atoms with E-state index in [0.717, 1.165) is 32.1 Å². The first-order valence-electron chi connectivity index (χ1n) is 6.72. The second kappa shape index (κ2) is 7.28. The van der Waals surface area contributed by atoms with Crippen LogP contribution in [0.15, 0.2) is 12.7 Å². The summed E-state index contributed by atoms with van der Waals surface area (Å²) in [5, 5.41) is 10.5. The summed E-state index contributed by atoms with van der Waals surface area (Å²) in [4.78, 5) is 0. The Bertz CT molecular complexity index is 193. The van der Waals surface area contributed by atoms with E-state index in [-0.39, 0.29) is 0 Å². The predicted octanol–water partition coefficient (Wildman–Crippen LogP) is 4.60. The van der Waals surface area contributed by atoms with Gasteiger partial charge in [0, 0.05) is 0 Å². The van der Waals surface area contributed by atoms with Crippen LogP contribution in [0.5, 0.6) is 0 Å². The van der Waals surface area contributed by atoms with Crippen LogP contribution in [-0.4, -0.2) is 18.8 Å². The first-order chi connectivity index (χ1) is 7.39. The molecule has 0 unspecified atom stereocenters. The van der Waals surface area contributed by atoms with Crippen LogP contribution in [0.4, 0.5) is 0 Å². The molecule has 0 aliphatic heterocycles. The highest BCUT2D eigenvalue weighted by Gasteiger charge is 2.28. The van der Waals surface area contributed by atoms with Gasteiger partial charge in [-0.15, -0.1) is 6.58 Å². The number of hydrogen-bond donors (Lipinski definition) is 1. The molecule has 0 bridgehead atoms. The van der Waals surface area contributed by atoms with Crippen molar-refractivity contribution in [2.75, 3.05) is 0 Å². The zero-order chi connectivity index (χ0) is 12.7. The van der Waals surface area contributed by atoms with E-state index >= 15 is 0 Å². The zero-order valence-corrected chi connectivity index (χ0v) is 12.7. The molecule has 96 valence electrons. The molecule has 0 radical (unpaired) electrons. The normalized spacial score (nSPS) is 12.8. The minimum absolute atomic E-state index is 0.394. The van der Waals surface area contributed by atoms with Crippen molar-refractivity contribution in [3.05, 3.63) is 12.7 Å². The van der Waals surface area contributed by atoms with Gasteiger partial charge in [0.15, 0.2) is 0 Å². The molecule has 0 spiro atoms. The summed E-state index contributed by atoms with van der Waals surface area (Å²) < 4.78 is 0. The highest BCUT2D eigenvalue weighted by Crippen LogP contribution is 2.29. The Morgan fingerprint density at radius 3 is 2.00 bits per heavy atom. The van der Waals surface area contributed by atoms with Gasteiger partial charge in [0.25, 0.3) is 0 Å². The van der Waals surface area contributed by atoms with Gasteiger partial charge >= 0.3 is 0 Å². The van der Waals surface area contributed by atoms with E-state index in [9.17, 15) is 5.11 Å². The van der Waals surface area contributed by atoms with Gasteiger partial charge in [-0.1, -0.05) is 51.9 Å². The molecule has 0 aromatic carbocycles. The van der Waals surface area contributed by atoms with E-state index in [4.69, 9.17) is 0 Å². The van der Waals surface area contributed by atoms with E-state index in [1.807, 2.05) is 6.08 Å². The zero-order valence-electron chi connectivity index (χ0n) is 11.7. The summed E-state index contributed by atoms with van der Waals surface area (Å²) in [5.41, 5.74) is -0.394. The summed E-state index contributed by atoms with van der Waals surface area (Å²) in [6.45, 7) is 12.9. The fraction of sp³-hybridized carbons (Fsp3) is 0.857. The Labute approximate surface area is 103 Å². The molecule has 0 aliphatic carbocycles. The molecule has 0 aromatic heterocycles. The van der Waals surface area contributed by atoms with E-state index in [2.05, 4.69) is 33.5 Å². The number of aliphatic hydroxyl groups is 1. The molecule has 0 rings (SSSR count). The third kappa shape index (κ3) is 6.49. The van der Waals surface area contributed by atoms with Crippen LogP contribution in [0.3, 0.4) is 0 Å². The Morgan fingerprint density at radius 1 is 1.12 bits per heavy atom. The lowest BCUT2D eigenvalue weighted by Gasteiger charge is -2.31. The second-order valence-electron chi connectivity index (χ2n) is 5.88. The predicted molar refractivity (Wildman–Crippen MR) is 76.7 cm³/mol. The van der Waals surface area contributed by atoms with E-state index < -0.39 is 13.7 Å². The van der Waals surface area contributed by atoms with Gasteiger partial charge in [0.1, 0.15) is 0 Å². The molecule has 2 heteroatoms. The Balaban J connectivity index is 4.24. The highest BCUT2D eigenvalue weighted by molar-refractivity contribution is 6.77. The first-order valence-corrected chi connectivity index (χ1v) is 10.1. The number of allylic oxidation sites excluding steroid dienone is 1. The lowest BCUT2D eigenvalue weighted by Crippen LogP contribution is -2.33. The highest BCUT2D eigenvalue weighted by atomic mass is 28.3. The lowest BCUT2D eigenvalue weighted by molar-refractivity contribution is 0.0173. The quantitative estimate of drug-likeness (QED) is 0.463. The van der Waals surface area contributed by atoms with Crippen molar-refractivity contribution in [3.8, 4) is 0 Å². The maximum atomic E-state index is 10.5. The molecule has 0 saturated carbocycles. The SMILES string of the molecule is C=CC[Si](C)(C)CCC(O)(CCC)CCC. The van der Waals surface area contributed by atoms with Gasteiger partial charge in [-0.2, -0.15) is 0 Å². The van der Waals surface area contributed by atoms with Crippen molar-refractivity contribution in [2.24, 2.45) is 0 Å². The van der Waals surface area contributed by atoms with Gasteiger partial charge < -0.3 is 5.11 Å². The smallest absolute Gasteiger partial charge is 0.0645 e. The summed E-state index contributed by atoms with van der Waals surface area (Å²) in [6, 6.07) is 2.39. The fourth-order valence-electron chi connectivity index (χ4n) is 2.37. The second-order valence-corrected chi connectivity index (χ2v) is 11.1. The van der Waals surface area contributed by atoms with Crippen molar-refractivity contribution in [3.63, 3.8) is 0 Å². The minimum Gasteiger partial charge on any atom is -0.390 e. The topological polar surface area (TPSA) is 20.2 Å². The molecule has 16 heavy (non-hydrogen) atoms. The molecule has 0 saturated heterocycles. The molecule has 0 aliphatic rings. The molecule has 0 atom stereocenters. The maximum absolute atomic E-state index is 10.5. The van der Waals surface area contributed by atoms with E-state index in [0.29, 0.717) is 0 Å². The summed E-state index contributed by atoms with van der Waals surface area (Å²) >= 11 is 0. The van der Waals surface area contributed by atoms with Gasteiger partial charge in [0.05, 0.1) is 13.7 Å². The minimum atomic E-state index is -1.15. The van der Waals surface area contributed by atoms with Gasteiger partial charge in [0.2, 0.25) is 0 Å². The molecule has 1 N–H and O–H groups in total. The van der Waals surface area contributed by atoms with Gasteiger partial charge in [-0.25, -0.2) is 0 Å². The monoisotopic (exact) mass is 242 g/mol. The molecular weight excluding hydrogens is 212 g/mol. The average molecular weight is 242 g/mol. The molecular formula is C14H30OSi. The molecule has 0 amide bonds. The Kier molecular flexibility index (Phi) is 7.25. The molecule has 0 fully saturated rings. The van der Waals surface area contributed by atoms with Crippen molar-refractivity contribution in [1.29, 1.82) is 0 Å². The largest absolute Gasteiger partial charge is 0.390 e. The van der Waals surface area contributed by atoms with Crippen molar-refractivity contribution in [1.82, 2.24) is 0 Å². The fourth-order valence-corrected chi connectivity index (χ4v) is 4.50. The van der Waals surface area contributed by atoms with Crippen LogP contribution >= 0.6 is 0 Å². The van der Waals surface area contributed by atoms with Crippen molar-refractivity contribution in [2.45, 2.75) is 76.7 Å². The summed E-state index contributed by atoms with van der Waals surface area (Å²) in [6.07, 6.45) is 7.12. The third-order valence-electron chi connectivity index (χ3n) is 3.39. The average Bonchev–Trinajstić information content (AvgIpc) is 2.16. The first kappa shape index (κ1) is 15.9. The Hall–Kier alpha value is -0.0831. The van der Waals surface area contributed by atoms with E-state index in [1.54, 1.807) is 0 Å². The van der Waals surface area contributed by atoms with Crippen LogP contribution in [-0.2, 0) is 0 Å². The van der Waals surface area contributed by atoms with Crippen LogP contribution in [0.25, 0.3) is 0 Å². The van der Waals surface area contributed by atoms with E-state index in [1.165, 1.54) is 12.1 Å². The maximum Gasteiger partial charge on any atom is 0.0645 e. The summed E-state index contributed by atoms with van der Waals surface area (Å²) in [5.74, 6) is 0. The van der Waals surface area contributed by atoms with Crippen LogP contribution < -0.4 is 0 Å². The van der Waals surface area contributed by atoms with Crippen LogP contribution in [0, 0.1) is 0 Å².